The van der Waals surface area contributed by atoms with Gasteiger partial charge in [-0.25, -0.2) is 4.39 Å². The van der Waals surface area contributed by atoms with Crippen molar-refractivity contribution in [3.05, 3.63) is 35.1 Å². The number of likely N-dealkylation sites (N-methyl/N-ethyl adjacent to an activating group) is 1. The van der Waals surface area contributed by atoms with Crippen LogP contribution in [0.5, 0.6) is 0 Å². The van der Waals surface area contributed by atoms with Crippen molar-refractivity contribution in [1.29, 1.82) is 0 Å². The SMILES string of the molecule is CCN1CCOC(CN)C1c1cc(C)ccc1F. The highest BCUT2D eigenvalue weighted by molar-refractivity contribution is 5.28. The maximum absolute atomic E-state index is 14.1. The minimum absolute atomic E-state index is 0.0753. The molecule has 1 aromatic carbocycles. The summed E-state index contributed by atoms with van der Waals surface area (Å²) in [6.07, 6.45) is -0.130. The van der Waals surface area contributed by atoms with Crippen molar-refractivity contribution in [3.63, 3.8) is 0 Å². The molecule has 1 aliphatic heterocycles. The Morgan fingerprint density at radius 2 is 2.28 bits per heavy atom. The first-order valence-corrected chi connectivity index (χ1v) is 6.49. The molecular formula is C14H21FN2O. The molecule has 1 fully saturated rings. The second-order valence-electron chi connectivity index (χ2n) is 4.74. The lowest BCUT2D eigenvalue weighted by Gasteiger charge is -2.40. The zero-order valence-corrected chi connectivity index (χ0v) is 11.0. The van der Waals surface area contributed by atoms with Crippen LogP contribution >= 0.6 is 0 Å². The fraction of sp³-hybridized carbons (Fsp3) is 0.571. The molecule has 0 amide bonds. The van der Waals surface area contributed by atoms with Crippen LogP contribution in [0.4, 0.5) is 4.39 Å². The van der Waals surface area contributed by atoms with E-state index in [2.05, 4.69) is 11.8 Å². The van der Waals surface area contributed by atoms with E-state index in [-0.39, 0.29) is 18.0 Å². The number of aryl methyl sites for hydroxylation is 1. The average Bonchev–Trinajstić information content (AvgIpc) is 2.40. The zero-order chi connectivity index (χ0) is 13.1. The Morgan fingerprint density at radius 1 is 1.50 bits per heavy atom. The summed E-state index contributed by atoms with van der Waals surface area (Å²) in [6, 6.07) is 5.14. The molecule has 1 heterocycles. The van der Waals surface area contributed by atoms with Gasteiger partial charge in [-0.1, -0.05) is 24.6 Å². The first-order chi connectivity index (χ1) is 8.67. The van der Waals surface area contributed by atoms with Crippen LogP contribution in [0.25, 0.3) is 0 Å². The molecule has 3 nitrogen and oxygen atoms in total. The lowest BCUT2D eigenvalue weighted by molar-refractivity contribution is -0.0668. The number of nitrogens with zero attached hydrogens (tertiary/aromatic N) is 1. The summed E-state index contributed by atoms with van der Waals surface area (Å²) in [5.41, 5.74) is 7.52. The van der Waals surface area contributed by atoms with Gasteiger partial charge in [0.1, 0.15) is 5.82 Å². The van der Waals surface area contributed by atoms with Crippen LogP contribution in [-0.4, -0.2) is 37.2 Å². The van der Waals surface area contributed by atoms with Gasteiger partial charge in [0.15, 0.2) is 0 Å². The highest BCUT2D eigenvalue weighted by atomic mass is 19.1. The Labute approximate surface area is 108 Å². The predicted molar refractivity (Wildman–Crippen MR) is 69.9 cm³/mol. The Morgan fingerprint density at radius 3 is 2.94 bits per heavy atom. The maximum atomic E-state index is 14.1. The van der Waals surface area contributed by atoms with E-state index in [0.717, 1.165) is 18.7 Å². The number of halogens is 1. The van der Waals surface area contributed by atoms with Gasteiger partial charge in [0.2, 0.25) is 0 Å². The number of morpholine rings is 1. The summed E-state index contributed by atoms with van der Waals surface area (Å²) < 4.78 is 19.7. The molecular weight excluding hydrogens is 231 g/mol. The van der Waals surface area contributed by atoms with Crippen LogP contribution in [0.3, 0.4) is 0 Å². The summed E-state index contributed by atoms with van der Waals surface area (Å²) in [5.74, 6) is -0.173. The Bertz CT molecular complexity index is 399. The first kappa shape index (κ1) is 13.5. The highest BCUT2D eigenvalue weighted by Crippen LogP contribution is 2.31. The summed E-state index contributed by atoms with van der Waals surface area (Å²) in [5, 5.41) is 0. The number of nitrogens with two attached hydrogens (primary N) is 1. The molecule has 2 unspecified atom stereocenters. The van der Waals surface area contributed by atoms with Gasteiger partial charge in [0, 0.05) is 18.7 Å². The van der Waals surface area contributed by atoms with Gasteiger partial charge in [-0.2, -0.15) is 0 Å². The van der Waals surface area contributed by atoms with E-state index in [4.69, 9.17) is 10.5 Å². The monoisotopic (exact) mass is 252 g/mol. The standard InChI is InChI=1S/C14H21FN2O/c1-3-17-6-7-18-13(9-16)14(17)11-8-10(2)4-5-12(11)15/h4-5,8,13-14H,3,6-7,9,16H2,1-2H3. The van der Waals surface area contributed by atoms with E-state index in [1.807, 2.05) is 13.0 Å². The van der Waals surface area contributed by atoms with Gasteiger partial charge >= 0.3 is 0 Å². The van der Waals surface area contributed by atoms with E-state index in [1.54, 1.807) is 6.07 Å². The summed E-state index contributed by atoms with van der Waals surface area (Å²) in [7, 11) is 0. The molecule has 0 aliphatic carbocycles. The molecule has 2 rings (SSSR count). The molecule has 0 bridgehead atoms. The quantitative estimate of drug-likeness (QED) is 0.892. The van der Waals surface area contributed by atoms with Crippen molar-refractivity contribution >= 4 is 0 Å². The molecule has 18 heavy (non-hydrogen) atoms. The molecule has 1 aromatic rings. The van der Waals surface area contributed by atoms with E-state index in [0.29, 0.717) is 18.7 Å². The van der Waals surface area contributed by atoms with Gasteiger partial charge in [-0.3, -0.25) is 4.90 Å². The van der Waals surface area contributed by atoms with Crippen molar-refractivity contribution < 1.29 is 9.13 Å². The third kappa shape index (κ3) is 2.55. The first-order valence-electron chi connectivity index (χ1n) is 6.49. The van der Waals surface area contributed by atoms with E-state index in [9.17, 15) is 4.39 Å². The minimum atomic E-state index is -0.173. The van der Waals surface area contributed by atoms with Crippen molar-refractivity contribution in [3.8, 4) is 0 Å². The van der Waals surface area contributed by atoms with Gasteiger partial charge in [0.05, 0.1) is 18.8 Å². The number of rotatable bonds is 3. The van der Waals surface area contributed by atoms with E-state index < -0.39 is 0 Å². The number of hydrogen-bond donors (Lipinski definition) is 1. The molecule has 0 radical (unpaired) electrons. The van der Waals surface area contributed by atoms with Gasteiger partial charge in [-0.05, 0) is 19.5 Å². The normalized spacial score (nSPS) is 25.3. The average molecular weight is 252 g/mol. The third-order valence-electron chi connectivity index (χ3n) is 3.56. The smallest absolute Gasteiger partial charge is 0.128 e. The molecule has 4 heteroatoms. The number of ether oxygens (including phenoxy) is 1. The second-order valence-corrected chi connectivity index (χ2v) is 4.74. The lowest BCUT2D eigenvalue weighted by Crippen LogP contribution is -2.48. The second kappa shape index (κ2) is 5.78. The summed E-state index contributed by atoms with van der Waals surface area (Å²) >= 11 is 0. The number of benzene rings is 1. The van der Waals surface area contributed by atoms with Crippen LogP contribution in [-0.2, 0) is 4.74 Å². The maximum Gasteiger partial charge on any atom is 0.128 e. The van der Waals surface area contributed by atoms with E-state index in [1.165, 1.54) is 6.07 Å². The van der Waals surface area contributed by atoms with Crippen LogP contribution < -0.4 is 5.73 Å². The van der Waals surface area contributed by atoms with E-state index >= 15 is 0 Å². The third-order valence-corrected chi connectivity index (χ3v) is 3.56. The van der Waals surface area contributed by atoms with Crippen LogP contribution in [0.1, 0.15) is 24.1 Å². The molecule has 1 aliphatic rings. The summed E-state index contributed by atoms with van der Waals surface area (Å²) in [4.78, 5) is 2.24. The Hall–Kier alpha value is -0.970. The Kier molecular flexibility index (Phi) is 4.32. The van der Waals surface area contributed by atoms with Crippen molar-refractivity contribution in [2.75, 3.05) is 26.2 Å². The molecule has 0 saturated carbocycles. The van der Waals surface area contributed by atoms with Gasteiger partial charge in [0.25, 0.3) is 0 Å². The van der Waals surface area contributed by atoms with Crippen LogP contribution in [0, 0.1) is 12.7 Å². The predicted octanol–water partition coefficient (Wildman–Crippen LogP) is 1.85. The van der Waals surface area contributed by atoms with Crippen LogP contribution in [0.15, 0.2) is 18.2 Å². The number of hydrogen-bond acceptors (Lipinski definition) is 3. The molecule has 2 atom stereocenters. The Balaban J connectivity index is 2.38. The molecule has 1 saturated heterocycles. The topological polar surface area (TPSA) is 38.5 Å². The molecule has 100 valence electrons. The van der Waals surface area contributed by atoms with Crippen molar-refractivity contribution in [1.82, 2.24) is 4.90 Å². The fourth-order valence-corrected chi connectivity index (χ4v) is 2.63. The lowest BCUT2D eigenvalue weighted by atomic mass is 9.96. The van der Waals surface area contributed by atoms with Gasteiger partial charge < -0.3 is 10.5 Å². The van der Waals surface area contributed by atoms with Gasteiger partial charge in [-0.15, -0.1) is 0 Å². The molecule has 0 spiro atoms. The van der Waals surface area contributed by atoms with Crippen molar-refractivity contribution in [2.45, 2.75) is 26.0 Å². The zero-order valence-electron chi connectivity index (χ0n) is 11.0. The fourth-order valence-electron chi connectivity index (χ4n) is 2.63. The molecule has 0 aromatic heterocycles. The largest absolute Gasteiger partial charge is 0.374 e. The van der Waals surface area contributed by atoms with Crippen LogP contribution in [0.2, 0.25) is 0 Å². The van der Waals surface area contributed by atoms with Crippen molar-refractivity contribution in [2.24, 2.45) is 5.73 Å². The highest BCUT2D eigenvalue weighted by Gasteiger charge is 2.33. The minimum Gasteiger partial charge on any atom is -0.374 e. The molecule has 2 N–H and O–H groups in total. The summed E-state index contributed by atoms with van der Waals surface area (Å²) in [6.45, 7) is 6.83.